The van der Waals surface area contributed by atoms with Crippen molar-refractivity contribution in [2.24, 2.45) is 0 Å². The zero-order chi connectivity index (χ0) is 13.4. The summed E-state index contributed by atoms with van der Waals surface area (Å²) in [6.45, 7) is 2.81. The first-order chi connectivity index (χ1) is 9.15. The standard InChI is InChI=1S/C16H16BrNO/c1-11-4-3-5-12(8-11)15-10-19-16-9-13(17)6-7-14(16)18(15)2/h3-9,15H,10H2,1-2H3. The van der Waals surface area contributed by atoms with Crippen LogP contribution in [0.25, 0.3) is 0 Å². The molecule has 0 amide bonds. The number of anilines is 1. The molecule has 0 bridgehead atoms. The number of ether oxygens (including phenoxy) is 1. The zero-order valence-corrected chi connectivity index (χ0v) is 12.6. The second-order valence-corrected chi connectivity index (χ2v) is 5.88. The number of likely N-dealkylation sites (N-methyl/N-ethyl adjacent to an activating group) is 1. The molecule has 0 N–H and O–H groups in total. The lowest BCUT2D eigenvalue weighted by molar-refractivity contribution is 0.268. The van der Waals surface area contributed by atoms with Crippen LogP contribution in [0, 0.1) is 6.92 Å². The SMILES string of the molecule is Cc1cccc(C2COc3cc(Br)ccc3N2C)c1. The van der Waals surface area contributed by atoms with Gasteiger partial charge in [-0.25, -0.2) is 0 Å². The van der Waals surface area contributed by atoms with Crippen LogP contribution < -0.4 is 9.64 Å². The molecule has 1 heterocycles. The van der Waals surface area contributed by atoms with E-state index in [0.29, 0.717) is 6.61 Å². The van der Waals surface area contributed by atoms with Crippen molar-refractivity contribution in [1.29, 1.82) is 0 Å². The van der Waals surface area contributed by atoms with Crippen LogP contribution in [0.4, 0.5) is 5.69 Å². The van der Waals surface area contributed by atoms with Gasteiger partial charge in [0.15, 0.2) is 0 Å². The van der Waals surface area contributed by atoms with Crippen LogP contribution in [0.1, 0.15) is 17.2 Å². The summed E-state index contributed by atoms with van der Waals surface area (Å²) in [7, 11) is 2.13. The van der Waals surface area contributed by atoms with Gasteiger partial charge in [-0.1, -0.05) is 45.8 Å². The summed E-state index contributed by atoms with van der Waals surface area (Å²) in [5.74, 6) is 0.945. The van der Waals surface area contributed by atoms with Crippen LogP contribution in [0.5, 0.6) is 5.75 Å². The lowest BCUT2D eigenvalue weighted by Gasteiger charge is -2.36. The molecule has 0 saturated carbocycles. The van der Waals surface area contributed by atoms with E-state index in [9.17, 15) is 0 Å². The van der Waals surface area contributed by atoms with Crippen molar-refractivity contribution in [1.82, 2.24) is 0 Å². The molecular formula is C16H16BrNO. The van der Waals surface area contributed by atoms with Gasteiger partial charge in [0.05, 0.1) is 11.7 Å². The molecule has 0 aliphatic carbocycles. The maximum Gasteiger partial charge on any atom is 0.143 e. The Bertz CT molecular complexity index is 611. The number of hydrogen-bond donors (Lipinski definition) is 0. The number of fused-ring (bicyclic) bond motifs is 1. The quantitative estimate of drug-likeness (QED) is 0.776. The Hall–Kier alpha value is -1.48. The molecule has 2 aromatic rings. The summed E-state index contributed by atoms with van der Waals surface area (Å²) in [6.07, 6.45) is 0. The molecule has 19 heavy (non-hydrogen) atoms. The van der Waals surface area contributed by atoms with Crippen LogP contribution >= 0.6 is 15.9 Å². The molecule has 2 nitrogen and oxygen atoms in total. The first kappa shape index (κ1) is 12.5. The van der Waals surface area contributed by atoms with E-state index in [-0.39, 0.29) is 6.04 Å². The Morgan fingerprint density at radius 2 is 2.05 bits per heavy atom. The van der Waals surface area contributed by atoms with Crippen LogP contribution in [0.2, 0.25) is 0 Å². The van der Waals surface area contributed by atoms with Gasteiger partial charge < -0.3 is 9.64 Å². The number of aryl methyl sites for hydroxylation is 1. The fourth-order valence-electron chi connectivity index (χ4n) is 2.54. The first-order valence-corrected chi connectivity index (χ1v) is 7.16. The van der Waals surface area contributed by atoms with Gasteiger partial charge in [0.1, 0.15) is 12.4 Å². The third-order valence-corrected chi connectivity index (χ3v) is 4.09. The van der Waals surface area contributed by atoms with E-state index in [4.69, 9.17) is 4.74 Å². The number of hydrogen-bond acceptors (Lipinski definition) is 2. The van der Waals surface area contributed by atoms with Crippen LogP contribution in [0.3, 0.4) is 0 Å². The maximum absolute atomic E-state index is 5.91. The highest BCUT2D eigenvalue weighted by molar-refractivity contribution is 9.10. The monoisotopic (exact) mass is 317 g/mol. The molecule has 1 unspecified atom stereocenters. The second kappa shape index (κ2) is 4.89. The topological polar surface area (TPSA) is 12.5 Å². The predicted octanol–water partition coefficient (Wildman–Crippen LogP) is 4.33. The maximum atomic E-state index is 5.91. The third kappa shape index (κ3) is 2.35. The Morgan fingerprint density at radius 3 is 2.84 bits per heavy atom. The minimum absolute atomic E-state index is 0.272. The van der Waals surface area contributed by atoms with Gasteiger partial charge in [0, 0.05) is 11.5 Å². The second-order valence-electron chi connectivity index (χ2n) is 4.96. The van der Waals surface area contributed by atoms with Crippen LogP contribution in [-0.2, 0) is 0 Å². The minimum atomic E-state index is 0.272. The Balaban J connectivity index is 1.97. The number of halogens is 1. The van der Waals surface area contributed by atoms with E-state index in [2.05, 4.69) is 71.2 Å². The Kier molecular flexibility index (Phi) is 3.23. The zero-order valence-electron chi connectivity index (χ0n) is 11.1. The van der Waals surface area contributed by atoms with Crippen molar-refractivity contribution in [3.8, 4) is 5.75 Å². The Morgan fingerprint density at radius 1 is 1.21 bits per heavy atom. The van der Waals surface area contributed by atoms with E-state index in [1.807, 2.05) is 6.07 Å². The van der Waals surface area contributed by atoms with Gasteiger partial charge in [-0.2, -0.15) is 0 Å². The summed E-state index contributed by atoms with van der Waals surface area (Å²) in [6, 6.07) is 15.1. The van der Waals surface area contributed by atoms with Crippen molar-refractivity contribution in [2.45, 2.75) is 13.0 Å². The van der Waals surface area contributed by atoms with Crippen molar-refractivity contribution in [3.05, 3.63) is 58.1 Å². The molecule has 0 aromatic heterocycles. The molecule has 1 atom stereocenters. The molecule has 0 fully saturated rings. The normalized spacial score (nSPS) is 17.8. The highest BCUT2D eigenvalue weighted by Crippen LogP contribution is 2.39. The van der Waals surface area contributed by atoms with Crippen LogP contribution in [-0.4, -0.2) is 13.7 Å². The summed E-state index contributed by atoms with van der Waals surface area (Å²) < 4.78 is 6.96. The molecule has 1 aliphatic rings. The Labute approximate surface area is 122 Å². The van der Waals surface area contributed by atoms with Gasteiger partial charge in [-0.15, -0.1) is 0 Å². The number of rotatable bonds is 1. The van der Waals surface area contributed by atoms with E-state index in [0.717, 1.165) is 15.9 Å². The summed E-state index contributed by atoms with van der Waals surface area (Å²) >= 11 is 3.48. The van der Waals surface area contributed by atoms with E-state index in [1.165, 1.54) is 11.1 Å². The van der Waals surface area contributed by atoms with Gasteiger partial charge in [0.25, 0.3) is 0 Å². The fraction of sp³-hybridized carbons (Fsp3) is 0.250. The average Bonchev–Trinajstić information content (AvgIpc) is 2.39. The number of nitrogens with zero attached hydrogens (tertiary/aromatic N) is 1. The smallest absolute Gasteiger partial charge is 0.143 e. The molecule has 0 saturated heterocycles. The molecule has 3 rings (SSSR count). The summed E-state index contributed by atoms with van der Waals surface area (Å²) in [5, 5.41) is 0. The van der Waals surface area contributed by atoms with Crippen molar-refractivity contribution in [2.75, 3.05) is 18.6 Å². The average molecular weight is 318 g/mol. The lowest BCUT2D eigenvalue weighted by atomic mass is 10.0. The van der Waals surface area contributed by atoms with E-state index < -0.39 is 0 Å². The largest absolute Gasteiger partial charge is 0.489 e. The van der Waals surface area contributed by atoms with Gasteiger partial charge in [0.2, 0.25) is 0 Å². The minimum Gasteiger partial charge on any atom is -0.489 e. The van der Waals surface area contributed by atoms with Crippen LogP contribution in [0.15, 0.2) is 46.9 Å². The number of benzene rings is 2. The lowest BCUT2D eigenvalue weighted by Crippen LogP contribution is -2.33. The van der Waals surface area contributed by atoms with E-state index >= 15 is 0 Å². The molecule has 1 aliphatic heterocycles. The highest BCUT2D eigenvalue weighted by atomic mass is 79.9. The molecule has 3 heteroatoms. The fourth-order valence-corrected chi connectivity index (χ4v) is 2.88. The molecule has 98 valence electrons. The van der Waals surface area contributed by atoms with Gasteiger partial charge >= 0.3 is 0 Å². The van der Waals surface area contributed by atoms with E-state index in [1.54, 1.807) is 0 Å². The summed E-state index contributed by atoms with van der Waals surface area (Å²) in [4.78, 5) is 2.29. The first-order valence-electron chi connectivity index (χ1n) is 6.37. The molecule has 0 spiro atoms. The van der Waals surface area contributed by atoms with Gasteiger partial charge in [-0.05, 0) is 30.7 Å². The van der Waals surface area contributed by atoms with Crippen molar-refractivity contribution < 1.29 is 4.74 Å². The summed E-state index contributed by atoms with van der Waals surface area (Å²) in [5.41, 5.74) is 3.73. The van der Waals surface area contributed by atoms with Gasteiger partial charge in [-0.3, -0.25) is 0 Å². The third-order valence-electron chi connectivity index (χ3n) is 3.59. The highest BCUT2D eigenvalue weighted by Gasteiger charge is 2.26. The predicted molar refractivity (Wildman–Crippen MR) is 82.0 cm³/mol. The van der Waals surface area contributed by atoms with Crippen molar-refractivity contribution >= 4 is 21.6 Å². The van der Waals surface area contributed by atoms with Crippen molar-refractivity contribution in [3.63, 3.8) is 0 Å². The molecular weight excluding hydrogens is 302 g/mol. The molecule has 2 aromatic carbocycles. The molecule has 0 radical (unpaired) electrons.